The van der Waals surface area contributed by atoms with Crippen LogP contribution in [0.3, 0.4) is 0 Å². The minimum Gasteiger partial charge on any atom is -0.388 e. The molecule has 18 heavy (non-hydrogen) atoms. The Kier molecular flexibility index (Phi) is 5.06. The van der Waals surface area contributed by atoms with E-state index in [9.17, 15) is 15.2 Å². The van der Waals surface area contributed by atoms with E-state index in [4.69, 9.17) is 0 Å². The molecule has 98 valence electrons. The monoisotopic (exact) mass is 268 g/mol. The van der Waals surface area contributed by atoms with Crippen molar-refractivity contribution >= 4 is 22.0 Å². The van der Waals surface area contributed by atoms with Crippen LogP contribution in [0, 0.1) is 10.1 Å². The third kappa shape index (κ3) is 3.18. The Bertz CT molecular complexity index is 444. The smallest absolute Gasteiger partial charge is 0.304 e. The lowest BCUT2D eigenvalue weighted by Crippen LogP contribution is -2.22. The highest BCUT2D eigenvalue weighted by Crippen LogP contribution is 2.40. The Hall–Kier alpha value is -1.66. The molecule has 0 saturated carbocycles. The molecule has 1 rings (SSSR count). The Labute approximate surface area is 110 Å². The number of aliphatic hydroxyl groups is 1. The third-order valence-corrected chi connectivity index (χ3v) is 3.66. The number of nitrogens with zero attached hydrogens (tertiary/aromatic N) is 2. The summed E-state index contributed by atoms with van der Waals surface area (Å²) in [4.78, 5) is 13.0. The largest absolute Gasteiger partial charge is 0.388 e. The summed E-state index contributed by atoms with van der Waals surface area (Å²) < 4.78 is 0. The fraction of sp³-hybridized carbons (Fsp3) is 0.333. The molecule has 0 aliphatic heterocycles. The Morgan fingerprint density at radius 1 is 1.56 bits per heavy atom. The number of aliphatic hydroxyl groups excluding tert-OH is 1. The van der Waals surface area contributed by atoms with Crippen LogP contribution in [0.15, 0.2) is 31.4 Å². The highest BCUT2D eigenvalue weighted by molar-refractivity contribution is 7.16. The first-order valence-corrected chi connectivity index (χ1v) is 6.25. The van der Waals surface area contributed by atoms with Gasteiger partial charge in [-0.3, -0.25) is 10.1 Å². The second-order valence-corrected chi connectivity index (χ2v) is 4.82. The molecule has 1 aromatic heterocycles. The minimum atomic E-state index is -0.711. The van der Waals surface area contributed by atoms with Gasteiger partial charge in [0.05, 0.1) is 11.0 Å². The van der Waals surface area contributed by atoms with Crippen LogP contribution >= 0.6 is 11.3 Å². The van der Waals surface area contributed by atoms with Gasteiger partial charge in [0.15, 0.2) is 5.00 Å². The second-order valence-electron chi connectivity index (χ2n) is 3.75. The van der Waals surface area contributed by atoms with Crippen LogP contribution in [0.4, 0.5) is 10.7 Å². The fourth-order valence-electron chi connectivity index (χ4n) is 1.51. The van der Waals surface area contributed by atoms with Gasteiger partial charge < -0.3 is 10.0 Å². The summed E-state index contributed by atoms with van der Waals surface area (Å²) in [6.07, 6.45) is 2.64. The Morgan fingerprint density at radius 2 is 2.11 bits per heavy atom. The van der Waals surface area contributed by atoms with Crippen LogP contribution in [-0.4, -0.2) is 23.1 Å². The molecule has 1 atom stereocenters. The van der Waals surface area contributed by atoms with Crippen molar-refractivity contribution < 1.29 is 10.0 Å². The summed E-state index contributed by atoms with van der Waals surface area (Å²) in [5.41, 5.74) is 0.0135. The van der Waals surface area contributed by atoms with E-state index in [2.05, 4.69) is 13.2 Å². The molecule has 0 spiro atoms. The average molecular weight is 268 g/mol. The summed E-state index contributed by atoms with van der Waals surface area (Å²) in [7, 11) is 0. The predicted molar refractivity (Wildman–Crippen MR) is 74.2 cm³/mol. The van der Waals surface area contributed by atoms with Gasteiger partial charge in [-0.15, -0.1) is 24.5 Å². The molecule has 0 fully saturated rings. The van der Waals surface area contributed by atoms with Gasteiger partial charge in [-0.05, 0) is 6.92 Å². The fourth-order valence-corrected chi connectivity index (χ4v) is 2.59. The predicted octanol–water partition coefficient (Wildman–Crippen LogP) is 2.89. The lowest BCUT2D eigenvalue weighted by atomic mass is 10.3. The van der Waals surface area contributed by atoms with Crippen molar-refractivity contribution in [1.82, 2.24) is 0 Å². The quantitative estimate of drug-likeness (QED) is 0.469. The molecule has 0 bridgehead atoms. The van der Waals surface area contributed by atoms with E-state index < -0.39 is 11.0 Å². The van der Waals surface area contributed by atoms with E-state index in [1.807, 2.05) is 0 Å². The van der Waals surface area contributed by atoms with Crippen molar-refractivity contribution in [1.29, 1.82) is 0 Å². The number of anilines is 1. The molecule has 0 radical (unpaired) electrons. The molecule has 1 aromatic rings. The number of hydrogen-bond acceptors (Lipinski definition) is 5. The van der Waals surface area contributed by atoms with Crippen molar-refractivity contribution in [3.8, 4) is 0 Å². The molecule has 0 aromatic carbocycles. The van der Waals surface area contributed by atoms with Crippen molar-refractivity contribution in [2.75, 3.05) is 18.0 Å². The Balaban J connectivity index is 3.21. The summed E-state index contributed by atoms with van der Waals surface area (Å²) in [5.74, 6) is 0. The minimum absolute atomic E-state index is 0.0135. The maximum absolute atomic E-state index is 11.0. The zero-order valence-corrected chi connectivity index (χ0v) is 11.0. The molecular weight excluding hydrogens is 252 g/mol. The van der Waals surface area contributed by atoms with Gasteiger partial charge in [0, 0.05) is 24.0 Å². The number of nitro groups is 1. The average Bonchev–Trinajstić information content (AvgIpc) is 2.73. The maximum Gasteiger partial charge on any atom is 0.304 e. The maximum atomic E-state index is 11.0. The lowest BCUT2D eigenvalue weighted by molar-refractivity contribution is -0.383. The highest BCUT2D eigenvalue weighted by Gasteiger charge is 2.24. The van der Waals surface area contributed by atoms with Crippen LogP contribution in [0.1, 0.15) is 17.9 Å². The molecule has 0 aliphatic rings. The number of rotatable bonds is 7. The molecule has 0 amide bonds. The summed E-state index contributed by atoms with van der Waals surface area (Å²) in [6, 6.07) is 1.42. The van der Waals surface area contributed by atoms with Crippen molar-refractivity contribution in [3.05, 3.63) is 46.4 Å². The third-order valence-electron chi connectivity index (χ3n) is 2.31. The molecule has 6 heteroatoms. The van der Waals surface area contributed by atoms with Gasteiger partial charge in [-0.25, -0.2) is 0 Å². The second kappa shape index (κ2) is 6.32. The molecule has 0 unspecified atom stereocenters. The first-order chi connectivity index (χ1) is 8.51. The van der Waals surface area contributed by atoms with Gasteiger partial charge in [-0.2, -0.15) is 0 Å². The van der Waals surface area contributed by atoms with Crippen LogP contribution in [-0.2, 0) is 0 Å². The van der Waals surface area contributed by atoms with Gasteiger partial charge in [0.25, 0.3) is 0 Å². The standard InChI is InChI=1S/C12H16N2O3S/c1-4-6-13(7-5-2)12-10(14(16)17)8-11(18-12)9(3)15/h4-5,8-9,15H,1-2,6-7H2,3H3/t9-/m0/s1. The molecule has 0 saturated heterocycles. The SMILES string of the molecule is C=CCN(CC=C)c1sc([C@H](C)O)cc1[N+](=O)[O-]. The Morgan fingerprint density at radius 3 is 2.50 bits per heavy atom. The molecule has 1 heterocycles. The van der Waals surface area contributed by atoms with Crippen molar-refractivity contribution in [2.45, 2.75) is 13.0 Å². The molecule has 1 N–H and O–H groups in total. The molecule has 0 aliphatic carbocycles. The molecule has 5 nitrogen and oxygen atoms in total. The van der Waals surface area contributed by atoms with Crippen LogP contribution in [0.5, 0.6) is 0 Å². The summed E-state index contributed by atoms with van der Waals surface area (Å²) in [5, 5.41) is 21.1. The van der Waals surface area contributed by atoms with Gasteiger partial charge in [0.1, 0.15) is 0 Å². The lowest BCUT2D eigenvalue weighted by Gasteiger charge is -2.18. The van der Waals surface area contributed by atoms with E-state index in [0.29, 0.717) is 23.0 Å². The van der Waals surface area contributed by atoms with Crippen LogP contribution in [0.25, 0.3) is 0 Å². The highest BCUT2D eigenvalue weighted by atomic mass is 32.1. The normalized spacial score (nSPS) is 11.9. The number of hydrogen-bond donors (Lipinski definition) is 1. The van der Waals surface area contributed by atoms with E-state index >= 15 is 0 Å². The topological polar surface area (TPSA) is 66.6 Å². The first kappa shape index (κ1) is 14.4. The van der Waals surface area contributed by atoms with E-state index in [1.54, 1.807) is 24.0 Å². The van der Waals surface area contributed by atoms with Crippen LogP contribution < -0.4 is 4.90 Å². The molecular formula is C12H16N2O3S. The van der Waals surface area contributed by atoms with Gasteiger partial charge in [-0.1, -0.05) is 12.2 Å². The van der Waals surface area contributed by atoms with Crippen molar-refractivity contribution in [3.63, 3.8) is 0 Å². The van der Waals surface area contributed by atoms with Gasteiger partial charge in [0.2, 0.25) is 0 Å². The van der Waals surface area contributed by atoms with Crippen molar-refractivity contribution in [2.24, 2.45) is 0 Å². The van der Waals surface area contributed by atoms with E-state index in [1.165, 1.54) is 17.4 Å². The zero-order chi connectivity index (χ0) is 13.7. The van der Waals surface area contributed by atoms with Gasteiger partial charge >= 0.3 is 5.69 Å². The summed E-state index contributed by atoms with van der Waals surface area (Å²) in [6.45, 7) is 9.84. The first-order valence-electron chi connectivity index (χ1n) is 5.44. The van der Waals surface area contributed by atoms with E-state index in [-0.39, 0.29) is 5.69 Å². The zero-order valence-electron chi connectivity index (χ0n) is 10.2. The van der Waals surface area contributed by atoms with E-state index in [0.717, 1.165) is 0 Å². The number of thiophene rings is 1. The summed E-state index contributed by atoms with van der Waals surface area (Å²) >= 11 is 1.22. The van der Waals surface area contributed by atoms with Crippen LogP contribution in [0.2, 0.25) is 0 Å².